The maximum atomic E-state index is 6.14. The molecule has 0 radical (unpaired) electrons. The largest absolute Gasteiger partial charge is 0.475 e. The van der Waals surface area contributed by atoms with E-state index in [0.717, 1.165) is 25.2 Å². The lowest BCUT2D eigenvalue weighted by molar-refractivity contribution is -0.150. The highest BCUT2D eigenvalue weighted by Crippen LogP contribution is 2.61. The molecule has 5 atom stereocenters. The molecular weight excluding hydrogens is 248 g/mol. The van der Waals surface area contributed by atoms with E-state index in [0.29, 0.717) is 17.2 Å². The normalized spacial score (nSPS) is 42.3. The van der Waals surface area contributed by atoms with Crippen LogP contribution in [0.3, 0.4) is 0 Å². The maximum Gasteiger partial charge on any atom is 0.475 e. The molecule has 2 N–H and O–H groups in total. The lowest BCUT2D eigenvalue weighted by Gasteiger charge is -2.60. The first-order valence-electron chi connectivity index (χ1n) is 7.16. The van der Waals surface area contributed by atoms with Gasteiger partial charge in [-0.05, 0) is 42.9 Å². The highest BCUT2D eigenvalue weighted by molar-refractivity contribution is 6.47. The van der Waals surface area contributed by atoms with E-state index < -0.39 is 0 Å². The predicted octanol–water partition coefficient (Wildman–Crippen LogP) is 2.21. The molecule has 0 aromatic heterocycles. The summed E-state index contributed by atoms with van der Waals surface area (Å²) in [5, 5.41) is 0. The third kappa shape index (κ3) is 1.93. The Morgan fingerprint density at radius 1 is 1.39 bits per heavy atom. The molecule has 4 fully saturated rings. The van der Waals surface area contributed by atoms with Crippen LogP contribution in [0.1, 0.15) is 39.5 Å². The number of hydrogen-bond donors (Lipinski definition) is 1. The number of hydrogen-bond acceptors (Lipinski definition) is 3. The summed E-state index contributed by atoms with van der Waals surface area (Å²) in [6.07, 6.45) is 4.82. The molecule has 0 aromatic rings. The standard InChI is InChI=1S/C13H23BClNO2/c1-13(2)8-6-9(13)12-10(7-8)17-14(18-12)11(16)4-3-5-15/h8-12H,3-7,16H2,1-2H3/t8?,9?,10-,11-,12+/m0/s1. The minimum absolute atomic E-state index is 0.0327. The Bertz CT molecular complexity index is 328. The Hall–Kier alpha value is 0.235. The van der Waals surface area contributed by atoms with Crippen LogP contribution in [-0.4, -0.2) is 31.1 Å². The van der Waals surface area contributed by atoms with Gasteiger partial charge < -0.3 is 15.0 Å². The van der Waals surface area contributed by atoms with E-state index >= 15 is 0 Å². The highest BCUT2D eigenvalue weighted by Gasteiger charge is 2.62. The molecule has 0 aromatic carbocycles. The van der Waals surface area contributed by atoms with Crippen molar-refractivity contribution in [3.05, 3.63) is 0 Å². The van der Waals surface area contributed by atoms with E-state index in [-0.39, 0.29) is 25.3 Å². The highest BCUT2D eigenvalue weighted by atomic mass is 35.5. The van der Waals surface area contributed by atoms with Crippen LogP contribution in [0, 0.1) is 17.3 Å². The molecule has 5 heteroatoms. The zero-order valence-corrected chi connectivity index (χ0v) is 12.0. The van der Waals surface area contributed by atoms with Gasteiger partial charge >= 0.3 is 7.12 Å². The van der Waals surface area contributed by atoms with Crippen LogP contribution in [0.5, 0.6) is 0 Å². The van der Waals surface area contributed by atoms with Gasteiger partial charge in [-0.15, -0.1) is 11.6 Å². The fourth-order valence-corrected chi connectivity index (χ4v) is 4.17. The molecule has 2 unspecified atom stereocenters. The van der Waals surface area contributed by atoms with Crippen molar-refractivity contribution < 1.29 is 9.31 Å². The first kappa shape index (κ1) is 13.2. The molecule has 1 saturated heterocycles. The predicted molar refractivity (Wildman–Crippen MR) is 73.4 cm³/mol. The Labute approximate surface area is 115 Å². The minimum Gasteiger partial charge on any atom is -0.405 e. The van der Waals surface area contributed by atoms with Gasteiger partial charge in [0.2, 0.25) is 0 Å². The van der Waals surface area contributed by atoms with Crippen LogP contribution >= 0.6 is 11.6 Å². The van der Waals surface area contributed by atoms with Crippen molar-refractivity contribution in [3.63, 3.8) is 0 Å². The summed E-state index contributed by atoms with van der Waals surface area (Å²) in [6, 6.07) is 0. The fraction of sp³-hybridized carbons (Fsp3) is 1.00. The van der Waals surface area contributed by atoms with Crippen LogP contribution in [0.2, 0.25) is 0 Å². The van der Waals surface area contributed by atoms with E-state index in [1.54, 1.807) is 0 Å². The van der Waals surface area contributed by atoms with Crippen molar-refractivity contribution in [1.82, 2.24) is 0 Å². The van der Waals surface area contributed by atoms with E-state index in [9.17, 15) is 0 Å². The summed E-state index contributed by atoms with van der Waals surface area (Å²) in [6.45, 7) is 4.73. The van der Waals surface area contributed by atoms with Crippen molar-refractivity contribution in [3.8, 4) is 0 Å². The number of alkyl halides is 1. The van der Waals surface area contributed by atoms with E-state index in [1.165, 1.54) is 6.42 Å². The second-order valence-corrected chi connectivity index (χ2v) is 7.11. The van der Waals surface area contributed by atoms with Gasteiger partial charge in [-0.25, -0.2) is 0 Å². The SMILES string of the molecule is CC1(C)C2CC1[C@H]1OB([C@@H](N)CCCCl)O[C@H]1C2. The van der Waals surface area contributed by atoms with Crippen molar-refractivity contribution in [1.29, 1.82) is 0 Å². The third-order valence-corrected chi connectivity index (χ3v) is 5.71. The zero-order valence-electron chi connectivity index (χ0n) is 11.3. The molecule has 4 rings (SSSR count). The summed E-state index contributed by atoms with van der Waals surface area (Å²) in [4.78, 5) is 0. The first-order valence-corrected chi connectivity index (χ1v) is 7.70. The molecule has 1 heterocycles. The summed E-state index contributed by atoms with van der Waals surface area (Å²) in [5.74, 6) is 2.09. The van der Waals surface area contributed by atoms with Gasteiger partial charge in [0, 0.05) is 11.8 Å². The molecule has 102 valence electrons. The van der Waals surface area contributed by atoms with Gasteiger partial charge in [-0.1, -0.05) is 13.8 Å². The van der Waals surface area contributed by atoms with Crippen molar-refractivity contribution >= 4 is 18.7 Å². The zero-order chi connectivity index (χ0) is 12.9. The van der Waals surface area contributed by atoms with E-state index in [1.807, 2.05) is 0 Å². The number of halogens is 1. The molecule has 4 aliphatic rings. The van der Waals surface area contributed by atoms with Gasteiger partial charge in [-0.3, -0.25) is 0 Å². The van der Waals surface area contributed by atoms with Crippen LogP contribution < -0.4 is 5.73 Å². The lowest BCUT2D eigenvalue weighted by Crippen LogP contribution is -2.59. The molecular formula is C13H23BClNO2. The third-order valence-electron chi connectivity index (χ3n) is 5.45. The molecule has 3 saturated carbocycles. The maximum absolute atomic E-state index is 6.14. The average molecular weight is 272 g/mol. The summed E-state index contributed by atoms with van der Waals surface area (Å²) in [7, 11) is -0.210. The Morgan fingerprint density at radius 2 is 2.17 bits per heavy atom. The number of rotatable bonds is 4. The Kier molecular flexibility index (Phi) is 3.42. The second kappa shape index (κ2) is 4.66. The fourth-order valence-electron chi connectivity index (χ4n) is 4.01. The molecule has 1 aliphatic heterocycles. The van der Waals surface area contributed by atoms with Gasteiger partial charge in [-0.2, -0.15) is 0 Å². The van der Waals surface area contributed by atoms with Gasteiger partial charge in [0.15, 0.2) is 0 Å². The van der Waals surface area contributed by atoms with Gasteiger partial charge in [0.05, 0.1) is 12.2 Å². The smallest absolute Gasteiger partial charge is 0.405 e. The van der Waals surface area contributed by atoms with E-state index in [2.05, 4.69) is 13.8 Å². The summed E-state index contributed by atoms with van der Waals surface area (Å²) in [5.41, 5.74) is 6.57. The Morgan fingerprint density at radius 3 is 2.83 bits per heavy atom. The number of nitrogens with two attached hydrogens (primary N) is 1. The van der Waals surface area contributed by atoms with Crippen molar-refractivity contribution in [2.45, 2.75) is 57.7 Å². The van der Waals surface area contributed by atoms with Gasteiger partial charge in [0.25, 0.3) is 0 Å². The van der Waals surface area contributed by atoms with Crippen LogP contribution in [-0.2, 0) is 9.31 Å². The summed E-state index contributed by atoms with van der Waals surface area (Å²) < 4.78 is 12.1. The topological polar surface area (TPSA) is 44.5 Å². The van der Waals surface area contributed by atoms with Crippen LogP contribution in [0.25, 0.3) is 0 Å². The van der Waals surface area contributed by atoms with Crippen LogP contribution in [0.4, 0.5) is 0 Å². The Balaban J connectivity index is 1.61. The minimum atomic E-state index is -0.210. The molecule has 3 aliphatic carbocycles. The molecule has 0 spiro atoms. The first-order chi connectivity index (χ1) is 8.54. The van der Waals surface area contributed by atoms with Gasteiger partial charge in [0.1, 0.15) is 0 Å². The average Bonchev–Trinajstić information content (AvgIpc) is 2.78. The van der Waals surface area contributed by atoms with E-state index in [4.69, 9.17) is 26.6 Å². The molecule has 2 bridgehead atoms. The summed E-state index contributed by atoms with van der Waals surface area (Å²) >= 11 is 5.70. The quantitative estimate of drug-likeness (QED) is 0.630. The molecule has 18 heavy (non-hydrogen) atoms. The molecule has 0 amide bonds. The second-order valence-electron chi connectivity index (χ2n) is 6.73. The van der Waals surface area contributed by atoms with Crippen molar-refractivity contribution in [2.75, 3.05) is 5.88 Å². The molecule has 3 nitrogen and oxygen atoms in total. The van der Waals surface area contributed by atoms with Crippen LogP contribution in [0.15, 0.2) is 0 Å². The van der Waals surface area contributed by atoms with Crippen molar-refractivity contribution in [2.24, 2.45) is 23.0 Å². The lowest BCUT2D eigenvalue weighted by atomic mass is 9.47. The monoisotopic (exact) mass is 271 g/mol.